The van der Waals surface area contributed by atoms with E-state index in [-0.39, 0.29) is 17.5 Å². The van der Waals surface area contributed by atoms with Gasteiger partial charge in [-0.15, -0.1) is 11.3 Å². The quantitative estimate of drug-likeness (QED) is 0.937. The van der Waals surface area contributed by atoms with Crippen molar-refractivity contribution in [2.75, 3.05) is 0 Å². The largest absolute Gasteiger partial charge is 0.350 e. The van der Waals surface area contributed by atoms with Gasteiger partial charge in [0, 0.05) is 28.9 Å². The van der Waals surface area contributed by atoms with Gasteiger partial charge in [-0.3, -0.25) is 9.59 Å². The minimum absolute atomic E-state index is 0.106. The summed E-state index contributed by atoms with van der Waals surface area (Å²) in [6.07, 6.45) is 2.60. The molecule has 0 saturated carbocycles. The molecule has 4 nitrogen and oxygen atoms in total. The van der Waals surface area contributed by atoms with E-state index in [4.69, 9.17) is 0 Å². The van der Waals surface area contributed by atoms with Gasteiger partial charge in [-0.1, -0.05) is 6.92 Å². The summed E-state index contributed by atoms with van der Waals surface area (Å²) < 4.78 is 2.38. The minimum atomic E-state index is -0.151. The number of hydrogen-bond donors (Lipinski definition) is 1. The summed E-state index contributed by atoms with van der Waals surface area (Å²) in [6.45, 7) is 5.86. The number of aromatic nitrogens is 1. The molecule has 0 radical (unpaired) electrons. The summed E-state index contributed by atoms with van der Waals surface area (Å²) in [5, 5.41) is 3.47. The van der Waals surface area contributed by atoms with Crippen molar-refractivity contribution in [1.82, 2.24) is 9.88 Å². The summed E-state index contributed by atoms with van der Waals surface area (Å²) in [4.78, 5) is 25.4. The molecule has 0 aromatic carbocycles. The van der Waals surface area contributed by atoms with Gasteiger partial charge in [0.05, 0.1) is 10.9 Å². The van der Waals surface area contributed by atoms with Crippen LogP contribution in [0.1, 0.15) is 35.5 Å². The van der Waals surface area contributed by atoms with Crippen molar-refractivity contribution < 1.29 is 4.79 Å². The summed E-state index contributed by atoms with van der Waals surface area (Å²) in [6, 6.07) is 1.99. The second-order valence-electron chi connectivity index (χ2n) is 4.79. The van der Waals surface area contributed by atoms with Gasteiger partial charge in [0.1, 0.15) is 0 Å². The maximum Gasteiger partial charge on any atom is 0.259 e. The average molecular weight is 278 g/mol. The fourth-order valence-corrected chi connectivity index (χ4v) is 3.04. The molecule has 19 heavy (non-hydrogen) atoms. The highest BCUT2D eigenvalue weighted by molar-refractivity contribution is 7.19. The van der Waals surface area contributed by atoms with E-state index in [9.17, 15) is 9.59 Å². The molecule has 2 heterocycles. The van der Waals surface area contributed by atoms with E-state index < -0.39 is 0 Å². The van der Waals surface area contributed by atoms with Gasteiger partial charge in [0.25, 0.3) is 11.5 Å². The smallest absolute Gasteiger partial charge is 0.259 e. The first kappa shape index (κ1) is 13.8. The van der Waals surface area contributed by atoms with Gasteiger partial charge in [-0.25, -0.2) is 0 Å². The molecular formula is C14H18N2O2S. The zero-order valence-electron chi connectivity index (χ0n) is 11.6. The summed E-state index contributed by atoms with van der Waals surface area (Å²) in [7, 11) is 1.70. The third-order valence-electron chi connectivity index (χ3n) is 3.31. The maximum absolute atomic E-state index is 12.3. The van der Waals surface area contributed by atoms with E-state index in [2.05, 4.69) is 5.32 Å². The van der Waals surface area contributed by atoms with E-state index in [1.807, 2.05) is 26.8 Å². The number of nitrogens with one attached hydrogen (secondary N) is 1. The molecule has 2 aromatic heterocycles. The van der Waals surface area contributed by atoms with Crippen LogP contribution in [0.25, 0.3) is 10.1 Å². The molecule has 0 bridgehead atoms. The molecule has 0 saturated heterocycles. The van der Waals surface area contributed by atoms with Gasteiger partial charge in [-0.2, -0.15) is 0 Å². The van der Waals surface area contributed by atoms with Crippen molar-refractivity contribution in [2.24, 2.45) is 7.05 Å². The Bertz CT molecular complexity index is 685. The molecule has 0 aliphatic heterocycles. The Balaban J connectivity index is 2.60. The Hall–Kier alpha value is -1.62. The molecular weight excluding hydrogens is 260 g/mol. The highest BCUT2D eigenvalue weighted by Gasteiger charge is 2.20. The normalized spacial score (nSPS) is 12.6. The second kappa shape index (κ2) is 5.17. The van der Waals surface area contributed by atoms with Gasteiger partial charge in [0.2, 0.25) is 0 Å². The number of aryl methyl sites for hydroxylation is 2. The van der Waals surface area contributed by atoms with E-state index in [1.54, 1.807) is 13.2 Å². The molecule has 0 unspecified atom stereocenters. The number of thiophene rings is 1. The van der Waals surface area contributed by atoms with Crippen molar-refractivity contribution in [3.63, 3.8) is 0 Å². The lowest BCUT2D eigenvalue weighted by molar-refractivity contribution is 0.0940. The lowest BCUT2D eigenvalue weighted by Gasteiger charge is -2.11. The van der Waals surface area contributed by atoms with Crippen LogP contribution in [0.5, 0.6) is 0 Å². The third kappa shape index (κ3) is 2.42. The molecule has 102 valence electrons. The topological polar surface area (TPSA) is 51.1 Å². The van der Waals surface area contributed by atoms with Crippen molar-refractivity contribution in [1.29, 1.82) is 0 Å². The first-order chi connectivity index (χ1) is 8.95. The van der Waals surface area contributed by atoms with Crippen LogP contribution in [0.3, 0.4) is 0 Å². The Morgan fingerprint density at radius 1 is 1.53 bits per heavy atom. The summed E-state index contributed by atoms with van der Waals surface area (Å²) in [5.41, 5.74) is 0.414. The second-order valence-corrected chi connectivity index (χ2v) is 6.04. The monoisotopic (exact) mass is 278 g/mol. The zero-order valence-corrected chi connectivity index (χ0v) is 12.4. The number of carbonyl (C=O) groups excluding carboxylic acids is 1. The fraction of sp³-hybridized carbons (Fsp3) is 0.429. The van der Waals surface area contributed by atoms with Crippen molar-refractivity contribution >= 4 is 27.3 Å². The molecule has 0 aliphatic rings. The van der Waals surface area contributed by atoms with E-state index in [0.717, 1.165) is 16.0 Å². The molecule has 5 heteroatoms. The molecule has 1 atom stereocenters. The number of rotatable bonds is 3. The van der Waals surface area contributed by atoms with Crippen molar-refractivity contribution in [2.45, 2.75) is 33.2 Å². The first-order valence-corrected chi connectivity index (χ1v) is 7.17. The Morgan fingerprint density at radius 2 is 2.21 bits per heavy atom. The number of amides is 1. The Morgan fingerprint density at radius 3 is 2.84 bits per heavy atom. The van der Waals surface area contributed by atoms with Gasteiger partial charge < -0.3 is 9.88 Å². The van der Waals surface area contributed by atoms with Crippen LogP contribution in [0.2, 0.25) is 0 Å². The predicted octanol–water partition coefficient (Wildman–Crippen LogP) is 2.44. The standard InChI is InChI=1S/C14H18N2O2S/c1-5-8(2)15-13(17)11-9(3)19-10-6-7-16(4)14(18)12(10)11/h6-8H,5H2,1-4H3,(H,15,17)/t8-/m1/s1. The predicted molar refractivity (Wildman–Crippen MR) is 79.0 cm³/mol. The molecule has 2 rings (SSSR count). The highest BCUT2D eigenvalue weighted by atomic mass is 32.1. The van der Waals surface area contributed by atoms with Crippen LogP contribution >= 0.6 is 11.3 Å². The lowest BCUT2D eigenvalue weighted by atomic mass is 10.1. The van der Waals surface area contributed by atoms with Crippen molar-refractivity contribution in [3.8, 4) is 0 Å². The molecule has 0 aliphatic carbocycles. The van der Waals surface area contributed by atoms with Gasteiger partial charge in [-0.05, 0) is 26.3 Å². The molecule has 1 amide bonds. The van der Waals surface area contributed by atoms with Crippen LogP contribution in [-0.2, 0) is 7.05 Å². The van der Waals surface area contributed by atoms with Crippen molar-refractivity contribution in [3.05, 3.63) is 33.1 Å². The minimum Gasteiger partial charge on any atom is -0.350 e. The Kier molecular flexibility index (Phi) is 3.75. The fourth-order valence-electron chi connectivity index (χ4n) is 1.99. The van der Waals surface area contributed by atoms with E-state index in [1.165, 1.54) is 15.9 Å². The lowest BCUT2D eigenvalue weighted by Crippen LogP contribution is -2.33. The van der Waals surface area contributed by atoms with E-state index in [0.29, 0.717) is 10.9 Å². The number of nitrogens with zero attached hydrogens (tertiary/aromatic N) is 1. The summed E-state index contributed by atoms with van der Waals surface area (Å²) in [5.74, 6) is -0.151. The molecule has 2 aromatic rings. The number of fused-ring (bicyclic) bond motifs is 1. The highest BCUT2D eigenvalue weighted by Crippen LogP contribution is 2.28. The number of hydrogen-bond acceptors (Lipinski definition) is 3. The zero-order chi connectivity index (χ0) is 14.2. The van der Waals surface area contributed by atoms with Crippen LogP contribution in [-0.4, -0.2) is 16.5 Å². The van der Waals surface area contributed by atoms with Crippen LogP contribution in [0.15, 0.2) is 17.1 Å². The van der Waals surface area contributed by atoms with Crippen LogP contribution in [0, 0.1) is 6.92 Å². The SMILES string of the molecule is CC[C@@H](C)NC(=O)c1c(C)sc2ccn(C)c(=O)c12. The first-order valence-electron chi connectivity index (χ1n) is 6.35. The van der Waals surface area contributed by atoms with E-state index >= 15 is 0 Å². The summed E-state index contributed by atoms with van der Waals surface area (Å²) >= 11 is 1.49. The van der Waals surface area contributed by atoms with Gasteiger partial charge in [0.15, 0.2) is 0 Å². The average Bonchev–Trinajstić information content (AvgIpc) is 2.71. The Labute approximate surface area is 116 Å². The van der Waals surface area contributed by atoms with Gasteiger partial charge >= 0.3 is 0 Å². The molecule has 1 N–H and O–H groups in total. The number of pyridine rings is 1. The van der Waals surface area contributed by atoms with Crippen LogP contribution in [0.4, 0.5) is 0 Å². The molecule has 0 fully saturated rings. The van der Waals surface area contributed by atoms with Crippen LogP contribution < -0.4 is 10.9 Å². The number of carbonyl (C=O) groups is 1. The third-order valence-corrected chi connectivity index (χ3v) is 4.38. The maximum atomic E-state index is 12.3. The molecule has 0 spiro atoms.